The molecule has 1 saturated heterocycles. The van der Waals surface area contributed by atoms with E-state index >= 15 is 0 Å². The van der Waals surface area contributed by atoms with E-state index < -0.39 is 5.60 Å². The van der Waals surface area contributed by atoms with Gasteiger partial charge in [0.1, 0.15) is 41.9 Å². The fourth-order valence-electron chi connectivity index (χ4n) is 5.28. The lowest BCUT2D eigenvalue weighted by atomic mass is 10.1. The van der Waals surface area contributed by atoms with Gasteiger partial charge in [0.15, 0.2) is 23.0 Å². The average Bonchev–Trinajstić information content (AvgIpc) is 3.45. The van der Waals surface area contributed by atoms with E-state index in [1.807, 2.05) is 70.3 Å². The Morgan fingerprint density at radius 1 is 1.07 bits per heavy atom. The number of benzene rings is 1. The van der Waals surface area contributed by atoms with E-state index in [0.717, 1.165) is 22.8 Å². The smallest absolute Gasteiger partial charge is 0.410 e. The minimum Gasteiger partial charge on any atom is -0.487 e. The van der Waals surface area contributed by atoms with Gasteiger partial charge in [0, 0.05) is 43.7 Å². The topological polar surface area (TPSA) is 132 Å². The van der Waals surface area contributed by atoms with Gasteiger partial charge in [-0.3, -0.25) is 0 Å². The third-order valence-corrected chi connectivity index (χ3v) is 7.31. The molecule has 1 atom stereocenters. The lowest BCUT2D eigenvalue weighted by molar-refractivity contribution is 0.0194. The van der Waals surface area contributed by atoms with Gasteiger partial charge in [0.25, 0.3) is 0 Å². The second-order valence-corrected chi connectivity index (χ2v) is 11.6. The van der Waals surface area contributed by atoms with Crippen LogP contribution in [-0.4, -0.2) is 78.4 Å². The molecule has 43 heavy (non-hydrogen) atoms. The minimum absolute atomic E-state index is 0.0413. The van der Waals surface area contributed by atoms with E-state index in [4.69, 9.17) is 19.2 Å². The predicted molar refractivity (Wildman–Crippen MR) is 159 cm³/mol. The number of piperazine rings is 1. The highest BCUT2D eigenvalue weighted by molar-refractivity contribution is 5.90. The minimum atomic E-state index is -0.548. The summed E-state index contributed by atoms with van der Waals surface area (Å²) in [6.07, 6.45) is 4.51. The van der Waals surface area contributed by atoms with E-state index in [9.17, 15) is 4.79 Å². The van der Waals surface area contributed by atoms with Crippen LogP contribution in [0.5, 0.6) is 17.2 Å². The molecule has 4 aromatic heterocycles. The molecule has 5 aromatic rings. The normalized spacial score (nSPS) is 16.4. The maximum Gasteiger partial charge on any atom is 0.410 e. The highest BCUT2D eigenvalue weighted by Crippen LogP contribution is 2.38. The molecule has 220 valence electrons. The second kappa shape index (κ2) is 10.3. The zero-order valence-electron chi connectivity index (χ0n) is 24.3. The Hall–Kier alpha value is -5.20. The van der Waals surface area contributed by atoms with Crippen LogP contribution >= 0.6 is 0 Å². The van der Waals surface area contributed by atoms with Crippen molar-refractivity contribution in [2.75, 3.05) is 36.5 Å². The van der Waals surface area contributed by atoms with Gasteiger partial charge in [0.2, 0.25) is 0 Å². The number of carbonyl (C=O) groups is 1. The van der Waals surface area contributed by atoms with Crippen LogP contribution in [0.25, 0.3) is 16.7 Å². The molecule has 1 aromatic carbocycles. The molecule has 13 nitrogen and oxygen atoms in total. The van der Waals surface area contributed by atoms with Gasteiger partial charge in [-0.15, -0.1) is 0 Å². The van der Waals surface area contributed by atoms with Gasteiger partial charge in [-0.1, -0.05) is 0 Å². The maximum absolute atomic E-state index is 12.7. The van der Waals surface area contributed by atoms with Crippen molar-refractivity contribution in [1.82, 2.24) is 34.4 Å². The number of carbonyl (C=O) groups excluding carboxylic acids is 1. The van der Waals surface area contributed by atoms with Crippen molar-refractivity contribution in [3.63, 3.8) is 0 Å². The summed E-state index contributed by atoms with van der Waals surface area (Å²) in [5.74, 6) is 3.36. The number of rotatable bonds is 4. The molecule has 1 amide bonds. The summed E-state index contributed by atoms with van der Waals surface area (Å²) in [4.78, 5) is 34.8. The molecule has 1 N–H and O–H groups in total. The number of aryl methyl sites for hydroxylation is 1. The number of aromatic nitrogens is 6. The maximum atomic E-state index is 12.7. The van der Waals surface area contributed by atoms with Gasteiger partial charge in [-0.25, -0.2) is 29.2 Å². The van der Waals surface area contributed by atoms with Crippen molar-refractivity contribution in [3.05, 3.63) is 60.8 Å². The monoisotopic (exact) mass is 581 g/mol. The standard InChI is InChI=1S/C30H31N9O4/c1-18-11-19(5-6-23(18)42-21-7-8-39-25(12-21)32-17-34-39)35-27-26-22(31-16-33-27)13-24-28(36-26)38-10-9-37(14-20(38)15-41-24)29(40)43-30(2,3)4/h5-8,11-13,16-17,20H,9-10,14-15H2,1-4H3,(H,31,33,35)/t20-/m1/s1. The summed E-state index contributed by atoms with van der Waals surface area (Å²) in [6.45, 7) is 9.66. The summed E-state index contributed by atoms with van der Waals surface area (Å²) < 4.78 is 19.5. The largest absolute Gasteiger partial charge is 0.487 e. The number of anilines is 3. The summed E-state index contributed by atoms with van der Waals surface area (Å²) >= 11 is 0. The number of hydrogen-bond acceptors (Lipinski definition) is 11. The fourth-order valence-corrected chi connectivity index (χ4v) is 5.28. The first-order valence-corrected chi connectivity index (χ1v) is 14.1. The molecule has 13 heteroatoms. The average molecular weight is 582 g/mol. The first-order chi connectivity index (χ1) is 20.7. The number of amides is 1. The summed E-state index contributed by atoms with van der Waals surface area (Å²) in [5, 5.41) is 7.52. The third kappa shape index (κ3) is 5.29. The fraction of sp³-hybridized carbons (Fsp3) is 0.333. The number of nitrogens with one attached hydrogen (secondary N) is 1. The van der Waals surface area contributed by atoms with Crippen LogP contribution in [0.4, 0.5) is 22.1 Å². The summed E-state index contributed by atoms with van der Waals surface area (Å²) in [7, 11) is 0. The molecule has 2 aliphatic heterocycles. The Balaban J connectivity index is 1.11. The zero-order valence-corrected chi connectivity index (χ0v) is 24.3. The van der Waals surface area contributed by atoms with Gasteiger partial charge < -0.3 is 29.3 Å². The Morgan fingerprint density at radius 3 is 2.79 bits per heavy atom. The second-order valence-electron chi connectivity index (χ2n) is 11.6. The van der Waals surface area contributed by atoms with E-state index in [2.05, 4.69) is 30.3 Å². The van der Waals surface area contributed by atoms with Crippen molar-refractivity contribution in [1.29, 1.82) is 0 Å². The molecule has 7 rings (SSSR count). The van der Waals surface area contributed by atoms with E-state index in [1.54, 1.807) is 9.42 Å². The number of pyridine rings is 2. The molecule has 0 radical (unpaired) electrons. The van der Waals surface area contributed by atoms with E-state index in [-0.39, 0.29) is 12.1 Å². The number of fused-ring (bicyclic) bond motifs is 5. The molecule has 6 heterocycles. The molecule has 1 fully saturated rings. The lowest BCUT2D eigenvalue weighted by Gasteiger charge is -2.44. The lowest BCUT2D eigenvalue weighted by Crippen LogP contribution is -2.59. The molecule has 0 aliphatic carbocycles. The first kappa shape index (κ1) is 26.7. The van der Waals surface area contributed by atoms with E-state index in [1.165, 1.54) is 12.7 Å². The van der Waals surface area contributed by atoms with Gasteiger partial charge >= 0.3 is 6.09 Å². The van der Waals surface area contributed by atoms with Crippen molar-refractivity contribution < 1.29 is 19.0 Å². The molecule has 0 bridgehead atoms. The quantitative estimate of drug-likeness (QED) is 0.316. The first-order valence-electron chi connectivity index (χ1n) is 14.1. The number of hydrogen-bond donors (Lipinski definition) is 1. The van der Waals surface area contributed by atoms with E-state index in [0.29, 0.717) is 60.2 Å². The molecule has 0 spiro atoms. The Morgan fingerprint density at radius 2 is 1.95 bits per heavy atom. The van der Waals surface area contributed by atoms with Crippen LogP contribution in [0, 0.1) is 6.92 Å². The summed E-state index contributed by atoms with van der Waals surface area (Å²) in [5.41, 5.74) is 3.22. The van der Waals surface area contributed by atoms with Gasteiger partial charge in [-0.05, 0) is 57.5 Å². The third-order valence-electron chi connectivity index (χ3n) is 7.31. The Kier molecular flexibility index (Phi) is 6.37. The Bertz CT molecular complexity index is 1850. The van der Waals surface area contributed by atoms with Gasteiger partial charge in [0.05, 0.1) is 11.6 Å². The van der Waals surface area contributed by atoms with Crippen molar-refractivity contribution in [3.8, 4) is 17.2 Å². The number of ether oxygens (including phenoxy) is 3. The molecule has 0 saturated carbocycles. The zero-order chi connectivity index (χ0) is 29.7. The molecular formula is C30H31N9O4. The van der Waals surface area contributed by atoms with Crippen LogP contribution in [-0.2, 0) is 4.74 Å². The molecule has 2 aliphatic rings. The predicted octanol–water partition coefficient (Wildman–Crippen LogP) is 4.73. The Labute approximate surface area is 247 Å². The molecular weight excluding hydrogens is 550 g/mol. The molecule has 0 unspecified atom stereocenters. The SMILES string of the molecule is Cc1cc(Nc2ncnc3cc4c(nc23)N2CCN(C(=O)OC(C)(C)C)C[C@@H]2CO4)ccc1Oc1ccn2ncnc2c1. The van der Waals surface area contributed by atoms with Crippen molar-refractivity contribution in [2.45, 2.75) is 39.3 Å². The van der Waals surface area contributed by atoms with Crippen LogP contribution < -0.4 is 19.7 Å². The summed E-state index contributed by atoms with van der Waals surface area (Å²) in [6, 6.07) is 11.4. The van der Waals surface area contributed by atoms with Crippen LogP contribution in [0.1, 0.15) is 26.3 Å². The van der Waals surface area contributed by atoms with Crippen molar-refractivity contribution >= 4 is 40.1 Å². The van der Waals surface area contributed by atoms with Crippen LogP contribution in [0.15, 0.2) is 55.2 Å². The van der Waals surface area contributed by atoms with Crippen LogP contribution in [0.3, 0.4) is 0 Å². The van der Waals surface area contributed by atoms with Crippen LogP contribution in [0.2, 0.25) is 0 Å². The number of nitrogens with zero attached hydrogens (tertiary/aromatic N) is 8. The van der Waals surface area contributed by atoms with Gasteiger partial charge in [-0.2, -0.15) is 5.10 Å². The highest BCUT2D eigenvalue weighted by atomic mass is 16.6. The van der Waals surface area contributed by atoms with Crippen molar-refractivity contribution in [2.24, 2.45) is 0 Å². The highest BCUT2D eigenvalue weighted by Gasteiger charge is 2.37.